The monoisotopic (exact) mass is 409 g/mol. The molecule has 0 aliphatic carbocycles. The van der Waals surface area contributed by atoms with Gasteiger partial charge in [-0.3, -0.25) is 9.59 Å². The number of rotatable bonds is 5. The fourth-order valence-electron chi connectivity index (χ4n) is 4.03. The van der Waals surface area contributed by atoms with E-state index in [1.54, 1.807) is 0 Å². The summed E-state index contributed by atoms with van der Waals surface area (Å²) in [6.07, 6.45) is 3.47. The molecule has 2 aliphatic rings. The van der Waals surface area contributed by atoms with Gasteiger partial charge in [-0.25, -0.2) is 0 Å². The number of para-hydroxylation sites is 1. The summed E-state index contributed by atoms with van der Waals surface area (Å²) in [4.78, 5) is 28.9. The van der Waals surface area contributed by atoms with Crippen molar-refractivity contribution in [2.24, 2.45) is 17.6 Å². The highest BCUT2D eigenvalue weighted by atomic mass is 35.5. The summed E-state index contributed by atoms with van der Waals surface area (Å²) in [6, 6.07) is 9.56. The predicted molar refractivity (Wildman–Crippen MR) is 111 cm³/mol. The topological polar surface area (TPSA) is 75.9 Å². The van der Waals surface area contributed by atoms with Gasteiger partial charge in [0.15, 0.2) is 6.61 Å². The predicted octanol–water partition coefficient (Wildman–Crippen LogP) is 2.31. The molecule has 3 rings (SSSR count). The molecule has 2 N–H and O–H groups in total. The molecule has 2 heterocycles. The van der Waals surface area contributed by atoms with E-state index in [0.717, 1.165) is 38.8 Å². The van der Waals surface area contributed by atoms with Gasteiger partial charge in [-0.05, 0) is 50.7 Å². The van der Waals surface area contributed by atoms with Gasteiger partial charge in [0.25, 0.3) is 5.91 Å². The number of piperidine rings is 2. The molecule has 0 saturated carbocycles. The molecule has 28 heavy (non-hydrogen) atoms. The quantitative estimate of drug-likeness (QED) is 0.809. The lowest BCUT2D eigenvalue weighted by Crippen LogP contribution is -2.48. The third kappa shape index (κ3) is 5.85. The molecular weight excluding hydrogens is 378 g/mol. The van der Waals surface area contributed by atoms with Crippen molar-refractivity contribution in [3.8, 4) is 5.75 Å². The molecule has 2 aliphatic heterocycles. The largest absolute Gasteiger partial charge is 0.484 e. The van der Waals surface area contributed by atoms with Crippen LogP contribution in [0.25, 0.3) is 0 Å². The Hall–Kier alpha value is -1.79. The van der Waals surface area contributed by atoms with Crippen LogP contribution in [0.15, 0.2) is 30.3 Å². The first-order valence-corrected chi connectivity index (χ1v) is 10.0. The van der Waals surface area contributed by atoms with E-state index in [1.807, 2.05) is 40.1 Å². The van der Waals surface area contributed by atoms with E-state index in [9.17, 15) is 9.59 Å². The van der Waals surface area contributed by atoms with Crippen LogP contribution < -0.4 is 10.5 Å². The van der Waals surface area contributed by atoms with Crippen LogP contribution in [0.4, 0.5) is 0 Å². The van der Waals surface area contributed by atoms with Crippen molar-refractivity contribution in [1.29, 1.82) is 0 Å². The zero-order valence-electron chi connectivity index (χ0n) is 16.6. The second-order valence-corrected chi connectivity index (χ2v) is 7.78. The van der Waals surface area contributed by atoms with E-state index >= 15 is 0 Å². The van der Waals surface area contributed by atoms with Gasteiger partial charge in [0, 0.05) is 38.1 Å². The lowest BCUT2D eigenvalue weighted by atomic mass is 9.89. The number of halogens is 1. The van der Waals surface area contributed by atoms with E-state index in [4.69, 9.17) is 10.5 Å². The van der Waals surface area contributed by atoms with Gasteiger partial charge in [0.2, 0.25) is 5.91 Å². The highest BCUT2D eigenvalue weighted by Crippen LogP contribution is 2.25. The number of likely N-dealkylation sites (tertiary alicyclic amines) is 2. The molecule has 2 amide bonds. The molecule has 6 nitrogen and oxygen atoms in total. The van der Waals surface area contributed by atoms with Crippen LogP contribution in [0.1, 0.15) is 32.6 Å². The van der Waals surface area contributed by atoms with Gasteiger partial charge >= 0.3 is 0 Å². The van der Waals surface area contributed by atoms with Gasteiger partial charge < -0.3 is 20.3 Å². The average Bonchev–Trinajstić information content (AvgIpc) is 2.72. The van der Waals surface area contributed by atoms with E-state index in [2.05, 4.69) is 6.92 Å². The number of carbonyl (C=O) groups is 2. The van der Waals surface area contributed by atoms with Gasteiger partial charge in [0.1, 0.15) is 5.75 Å². The highest BCUT2D eigenvalue weighted by molar-refractivity contribution is 5.85. The second kappa shape index (κ2) is 10.7. The number of benzene rings is 1. The van der Waals surface area contributed by atoms with E-state index in [0.29, 0.717) is 24.8 Å². The maximum atomic E-state index is 12.8. The molecular formula is C21H32ClN3O3. The molecule has 1 aromatic rings. The van der Waals surface area contributed by atoms with Crippen molar-refractivity contribution in [3.63, 3.8) is 0 Å². The maximum absolute atomic E-state index is 12.8. The number of nitrogens with two attached hydrogens (primary N) is 1. The van der Waals surface area contributed by atoms with Gasteiger partial charge in [0.05, 0.1) is 0 Å². The number of hydrogen-bond acceptors (Lipinski definition) is 4. The van der Waals surface area contributed by atoms with Crippen LogP contribution in [-0.4, -0.2) is 60.4 Å². The van der Waals surface area contributed by atoms with Crippen molar-refractivity contribution >= 4 is 24.2 Å². The fourth-order valence-corrected chi connectivity index (χ4v) is 4.03. The Bertz CT molecular complexity index is 625. The van der Waals surface area contributed by atoms with Crippen LogP contribution in [0.5, 0.6) is 5.75 Å². The van der Waals surface area contributed by atoms with Crippen molar-refractivity contribution in [2.75, 3.05) is 32.8 Å². The SMILES string of the molecule is CC(N)C1CCN(C(=O)C2CCN(C(=O)COc3ccccc3)CC2)CC1.Cl. The van der Waals surface area contributed by atoms with Gasteiger partial charge in [-0.15, -0.1) is 12.4 Å². The smallest absolute Gasteiger partial charge is 0.260 e. The molecule has 1 aromatic carbocycles. The molecule has 2 fully saturated rings. The van der Waals surface area contributed by atoms with Crippen molar-refractivity contribution in [1.82, 2.24) is 9.80 Å². The number of carbonyl (C=O) groups excluding carboxylic acids is 2. The number of hydrogen-bond donors (Lipinski definition) is 1. The molecule has 1 atom stereocenters. The first kappa shape index (κ1) is 22.5. The lowest BCUT2D eigenvalue weighted by molar-refractivity contribution is -0.142. The minimum Gasteiger partial charge on any atom is -0.484 e. The third-order valence-corrected chi connectivity index (χ3v) is 5.90. The number of nitrogens with zero attached hydrogens (tertiary/aromatic N) is 2. The Morgan fingerprint density at radius 2 is 1.61 bits per heavy atom. The Labute approximate surface area is 173 Å². The minimum atomic E-state index is -0.0116. The summed E-state index contributed by atoms with van der Waals surface area (Å²) in [5.41, 5.74) is 5.99. The molecule has 0 radical (unpaired) electrons. The first-order valence-electron chi connectivity index (χ1n) is 10.0. The van der Waals surface area contributed by atoms with Crippen molar-refractivity contribution in [3.05, 3.63) is 30.3 Å². The van der Waals surface area contributed by atoms with Crippen LogP contribution in [0, 0.1) is 11.8 Å². The summed E-state index contributed by atoms with van der Waals surface area (Å²) in [5, 5.41) is 0. The summed E-state index contributed by atoms with van der Waals surface area (Å²) < 4.78 is 5.54. The Morgan fingerprint density at radius 3 is 2.18 bits per heavy atom. The average molecular weight is 410 g/mol. The molecule has 1 unspecified atom stereocenters. The zero-order chi connectivity index (χ0) is 19.2. The zero-order valence-corrected chi connectivity index (χ0v) is 17.4. The summed E-state index contributed by atoms with van der Waals surface area (Å²) in [7, 11) is 0. The molecule has 0 aromatic heterocycles. The summed E-state index contributed by atoms with van der Waals surface area (Å²) >= 11 is 0. The Kier molecular flexibility index (Phi) is 8.58. The van der Waals surface area contributed by atoms with Crippen LogP contribution in [-0.2, 0) is 9.59 Å². The normalized spacial score (nSPS) is 19.6. The van der Waals surface area contributed by atoms with Gasteiger partial charge in [-0.1, -0.05) is 18.2 Å². The molecule has 156 valence electrons. The lowest BCUT2D eigenvalue weighted by Gasteiger charge is -2.38. The van der Waals surface area contributed by atoms with E-state index in [-0.39, 0.29) is 42.8 Å². The Balaban J connectivity index is 0.00000280. The second-order valence-electron chi connectivity index (χ2n) is 7.78. The van der Waals surface area contributed by atoms with Crippen molar-refractivity contribution in [2.45, 2.75) is 38.6 Å². The maximum Gasteiger partial charge on any atom is 0.260 e. The van der Waals surface area contributed by atoms with E-state index < -0.39 is 0 Å². The Morgan fingerprint density at radius 1 is 1.04 bits per heavy atom. The summed E-state index contributed by atoms with van der Waals surface area (Å²) in [5.74, 6) is 1.51. The van der Waals surface area contributed by atoms with Gasteiger partial charge in [-0.2, -0.15) is 0 Å². The van der Waals surface area contributed by atoms with Crippen LogP contribution in [0.2, 0.25) is 0 Å². The molecule has 2 saturated heterocycles. The standard InChI is InChI=1S/C21H31N3O3.ClH/c1-16(22)17-7-13-24(14-8-17)21(26)18-9-11-23(12-10-18)20(25)15-27-19-5-3-2-4-6-19;/h2-6,16-18H,7-15,22H2,1H3;1H. The minimum absolute atomic E-state index is 0. The van der Waals surface area contributed by atoms with Crippen LogP contribution in [0.3, 0.4) is 0 Å². The molecule has 7 heteroatoms. The fraction of sp³-hybridized carbons (Fsp3) is 0.619. The first-order chi connectivity index (χ1) is 13.0. The summed E-state index contributed by atoms with van der Waals surface area (Å²) in [6.45, 7) is 4.99. The third-order valence-electron chi connectivity index (χ3n) is 5.90. The number of amides is 2. The molecule has 0 spiro atoms. The van der Waals surface area contributed by atoms with Crippen molar-refractivity contribution < 1.29 is 14.3 Å². The molecule has 0 bridgehead atoms. The van der Waals surface area contributed by atoms with E-state index in [1.165, 1.54) is 0 Å². The highest BCUT2D eigenvalue weighted by Gasteiger charge is 2.32. The number of ether oxygens (including phenoxy) is 1. The van der Waals surface area contributed by atoms with Crippen LogP contribution >= 0.6 is 12.4 Å².